The highest BCUT2D eigenvalue weighted by atomic mass is 17.3. The average Bonchev–Trinajstić information content (AvgIpc) is 2.61. The Labute approximate surface area is 186 Å². The highest BCUT2D eigenvalue weighted by molar-refractivity contribution is 4.86. The van der Waals surface area contributed by atoms with E-state index >= 15 is 0 Å². The van der Waals surface area contributed by atoms with Crippen LogP contribution >= 0.6 is 0 Å². The molecule has 0 aliphatic heterocycles. The summed E-state index contributed by atoms with van der Waals surface area (Å²) in [6.45, 7) is 25.1. The summed E-state index contributed by atoms with van der Waals surface area (Å²) < 4.78 is 25.2. The minimum Gasteiger partial charge on any atom is -0.352 e. The monoisotopic (exact) mass is 434 g/mol. The van der Waals surface area contributed by atoms with Crippen molar-refractivity contribution in [3.63, 3.8) is 0 Å². The van der Waals surface area contributed by atoms with Crippen LogP contribution < -0.4 is 0 Å². The molecule has 6 nitrogen and oxygen atoms in total. The predicted octanol–water partition coefficient (Wildman–Crippen LogP) is 6.47. The van der Waals surface area contributed by atoms with Gasteiger partial charge in [-0.1, -0.05) is 34.1 Å². The molecule has 0 rings (SSSR count). The Morgan fingerprint density at radius 2 is 1.43 bits per heavy atom. The van der Waals surface area contributed by atoms with Gasteiger partial charge < -0.3 is 18.9 Å². The Bertz CT molecular complexity index is 443. The third-order valence-corrected chi connectivity index (χ3v) is 4.48. The summed E-state index contributed by atoms with van der Waals surface area (Å²) in [6.07, 6.45) is 2.02. The topological polar surface area (TPSA) is 55.4 Å². The van der Waals surface area contributed by atoms with E-state index < -0.39 is 23.3 Å². The smallest absolute Gasteiger partial charge is 0.322 e. The van der Waals surface area contributed by atoms with E-state index in [4.69, 9.17) is 28.7 Å². The molecular formula is C24H50O6. The molecule has 0 bridgehead atoms. The highest BCUT2D eigenvalue weighted by Crippen LogP contribution is 2.44. The van der Waals surface area contributed by atoms with Crippen LogP contribution in [0.4, 0.5) is 0 Å². The number of unbranched alkanes of at least 4 members (excludes halogenated alkanes) is 1. The summed E-state index contributed by atoms with van der Waals surface area (Å²) in [6, 6.07) is 0. The standard InChI is InChI=1S/C24H50O6/c1-13-15-16-25-21(27-19(5)6)23(11,12)24(26-17-18(3)4,28-20(7)14-2)30-29-22(8,9)10/h18-21H,13-17H2,1-12H3. The van der Waals surface area contributed by atoms with E-state index in [1.807, 2.05) is 55.4 Å². The fraction of sp³-hybridized carbons (Fsp3) is 1.00. The molecule has 3 unspecified atom stereocenters. The lowest BCUT2D eigenvalue weighted by molar-refractivity contribution is -0.569. The van der Waals surface area contributed by atoms with Crippen LogP contribution in [0.2, 0.25) is 0 Å². The Kier molecular flexibility index (Phi) is 13.2. The van der Waals surface area contributed by atoms with E-state index in [0.29, 0.717) is 13.2 Å². The second-order valence-corrected chi connectivity index (χ2v) is 10.3. The van der Waals surface area contributed by atoms with Gasteiger partial charge in [0.1, 0.15) is 0 Å². The van der Waals surface area contributed by atoms with Crippen molar-refractivity contribution < 1.29 is 28.7 Å². The molecule has 182 valence electrons. The molecule has 3 atom stereocenters. The fourth-order valence-corrected chi connectivity index (χ4v) is 2.47. The third kappa shape index (κ3) is 10.4. The normalized spacial score (nSPS) is 17.4. The SMILES string of the molecule is CCCCOC(OC(C)C)C(C)(C)C(OCC(C)C)(OOC(C)(C)C)OC(C)CC. The van der Waals surface area contributed by atoms with Gasteiger partial charge in [-0.3, -0.25) is 0 Å². The Morgan fingerprint density at radius 1 is 0.833 bits per heavy atom. The first-order valence-corrected chi connectivity index (χ1v) is 11.7. The minimum atomic E-state index is -1.51. The molecule has 0 radical (unpaired) electrons. The van der Waals surface area contributed by atoms with Gasteiger partial charge in [-0.15, -0.1) is 0 Å². The van der Waals surface area contributed by atoms with Crippen molar-refractivity contribution in [3.8, 4) is 0 Å². The van der Waals surface area contributed by atoms with Crippen LogP contribution in [0.1, 0.15) is 102 Å². The molecule has 0 N–H and O–H groups in total. The molecule has 6 heteroatoms. The number of ether oxygens (including phenoxy) is 4. The number of hydrogen-bond acceptors (Lipinski definition) is 6. The zero-order valence-electron chi connectivity index (χ0n) is 21.8. The quantitative estimate of drug-likeness (QED) is 0.120. The molecule has 0 heterocycles. The van der Waals surface area contributed by atoms with Gasteiger partial charge in [-0.2, -0.15) is 4.89 Å². The lowest BCUT2D eigenvalue weighted by Crippen LogP contribution is -2.60. The van der Waals surface area contributed by atoms with Gasteiger partial charge in [0.05, 0.1) is 29.8 Å². The summed E-state index contributed by atoms with van der Waals surface area (Å²) in [5.74, 6) is -1.23. The van der Waals surface area contributed by atoms with Crippen molar-refractivity contribution in [2.75, 3.05) is 13.2 Å². The molecule has 0 aromatic carbocycles. The second kappa shape index (κ2) is 13.3. The molecular weight excluding hydrogens is 384 g/mol. The zero-order valence-corrected chi connectivity index (χ0v) is 21.8. The molecule has 0 aliphatic carbocycles. The average molecular weight is 435 g/mol. The van der Waals surface area contributed by atoms with Crippen molar-refractivity contribution >= 4 is 0 Å². The molecule has 0 saturated carbocycles. The maximum Gasteiger partial charge on any atom is 0.322 e. The van der Waals surface area contributed by atoms with E-state index in [2.05, 4.69) is 27.7 Å². The zero-order chi connectivity index (χ0) is 23.6. The van der Waals surface area contributed by atoms with Gasteiger partial charge in [0.25, 0.3) is 0 Å². The maximum atomic E-state index is 6.44. The Morgan fingerprint density at radius 3 is 1.87 bits per heavy atom. The van der Waals surface area contributed by atoms with Crippen LogP contribution in [-0.4, -0.2) is 43.3 Å². The summed E-state index contributed by atoms with van der Waals surface area (Å²) in [5, 5.41) is 0. The molecule has 0 aliphatic rings. The van der Waals surface area contributed by atoms with Gasteiger partial charge in [0, 0.05) is 6.61 Å². The molecule has 0 fully saturated rings. The Hall–Kier alpha value is -0.240. The van der Waals surface area contributed by atoms with Crippen LogP contribution in [-0.2, 0) is 28.7 Å². The summed E-state index contributed by atoms with van der Waals surface area (Å²) >= 11 is 0. The van der Waals surface area contributed by atoms with Crippen molar-refractivity contribution in [2.45, 2.75) is 132 Å². The third-order valence-electron chi connectivity index (χ3n) is 4.48. The maximum absolute atomic E-state index is 6.44. The van der Waals surface area contributed by atoms with E-state index in [1.165, 1.54) is 0 Å². The van der Waals surface area contributed by atoms with Crippen LogP contribution in [0.25, 0.3) is 0 Å². The molecule has 0 saturated heterocycles. The van der Waals surface area contributed by atoms with Crippen molar-refractivity contribution in [1.82, 2.24) is 0 Å². The van der Waals surface area contributed by atoms with E-state index in [0.717, 1.165) is 19.3 Å². The van der Waals surface area contributed by atoms with Crippen LogP contribution in [0.5, 0.6) is 0 Å². The van der Waals surface area contributed by atoms with Crippen LogP contribution in [0, 0.1) is 11.3 Å². The first-order valence-electron chi connectivity index (χ1n) is 11.7. The van der Waals surface area contributed by atoms with Gasteiger partial charge in [-0.05, 0) is 74.1 Å². The number of hydrogen-bond donors (Lipinski definition) is 0. The highest BCUT2D eigenvalue weighted by Gasteiger charge is 2.58. The minimum absolute atomic E-state index is 0.0363. The fourth-order valence-electron chi connectivity index (χ4n) is 2.47. The van der Waals surface area contributed by atoms with E-state index in [1.54, 1.807) is 0 Å². The van der Waals surface area contributed by atoms with Gasteiger partial charge >= 0.3 is 5.97 Å². The second-order valence-electron chi connectivity index (χ2n) is 10.3. The first kappa shape index (κ1) is 29.8. The van der Waals surface area contributed by atoms with Gasteiger partial charge in [-0.25, -0.2) is 4.89 Å². The summed E-state index contributed by atoms with van der Waals surface area (Å²) in [4.78, 5) is 11.8. The van der Waals surface area contributed by atoms with Crippen molar-refractivity contribution in [3.05, 3.63) is 0 Å². The van der Waals surface area contributed by atoms with E-state index in [9.17, 15) is 0 Å². The van der Waals surface area contributed by atoms with Crippen molar-refractivity contribution in [1.29, 1.82) is 0 Å². The first-order chi connectivity index (χ1) is 13.7. The number of rotatable bonds is 16. The molecule has 0 aromatic rings. The summed E-state index contributed by atoms with van der Waals surface area (Å²) in [5.41, 5.74) is -1.38. The van der Waals surface area contributed by atoms with E-state index in [-0.39, 0.29) is 18.1 Å². The molecule has 30 heavy (non-hydrogen) atoms. The lowest BCUT2D eigenvalue weighted by atomic mass is 9.88. The lowest BCUT2D eigenvalue weighted by Gasteiger charge is -2.48. The predicted molar refractivity (Wildman–Crippen MR) is 121 cm³/mol. The van der Waals surface area contributed by atoms with Crippen LogP contribution in [0.3, 0.4) is 0 Å². The van der Waals surface area contributed by atoms with Gasteiger partial charge in [0.15, 0.2) is 6.29 Å². The molecule has 0 aromatic heterocycles. The Balaban J connectivity index is 6.19. The molecule has 0 spiro atoms. The molecule has 0 amide bonds. The summed E-state index contributed by atoms with van der Waals surface area (Å²) in [7, 11) is 0. The van der Waals surface area contributed by atoms with Crippen molar-refractivity contribution in [2.24, 2.45) is 11.3 Å². The van der Waals surface area contributed by atoms with Gasteiger partial charge in [0.2, 0.25) is 0 Å². The largest absolute Gasteiger partial charge is 0.352 e. The van der Waals surface area contributed by atoms with Crippen LogP contribution in [0.15, 0.2) is 0 Å².